The summed E-state index contributed by atoms with van der Waals surface area (Å²) in [4.78, 5) is 12.8. The van der Waals surface area contributed by atoms with Gasteiger partial charge in [-0.15, -0.1) is 0 Å². The highest BCUT2D eigenvalue weighted by Gasteiger charge is 2.35. The van der Waals surface area contributed by atoms with Gasteiger partial charge in [0.05, 0.1) is 22.4 Å². The fraction of sp³-hybridized carbons (Fsp3) is 0.652. The minimum atomic E-state index is -3.61. The van der Waals surface area contributed by atoms with Crippen LogP contribution in [0.5, 0.6) is 0 Å². The molecule has 164 valence electrons. The molecule has 0 bridgehead atoms. The number of benzene rings is 1. The summed E-state index contributed by atoms with van der Waals surface area (Å²) in [5.41, 5.74) is 0.717. The average molecular weight is 433 g/mol. The van der Waals surface area contributed by atoms with E-state index in [1.807, 2.05) is 6.07 Å². The Morgan fingerprint density at radius 2 is 1.60 bits per heavy atom. The van der Waals surface area contributed by atoms with E-state index in [2.05, 4.69) is 20.8 Å². The second-order valence-corrected chi connectivity index (χ2v) is 11.5. The molecule has 3 rings (SSSR count). The summed E-state index contributed by atoms with van der Waals surface area (Å²) < 4.78 is 32.8. The number of sulfonamides is 1. The highest BCUT2D eigenvalue weighted by atomic mass is 32.2. The summed E-state index contributed by atoms with van der Waals surface area (Å²) in [5, 5.41) is 8.87. The van der Waals surface area contributed by atoms with E-state index in [4.69, 9.17) is 10.00 Å². The van der Waals surface area contributed by atoms with Gasteiger partial charge in [0.25, 0.3) is 0 Å². The van der Waals surface area contributed by atoms with Crippen LogP contribution in [0.1, 0.15) is 64.9 Å². The van der Waals surface area contributed by atoms with Crippen molar-refractivity contribution in [2.45, 2.75) is 70.3 Å². The van der Waals surface area contributed by atoms with E-state index in [0.29, 0.717) is 42.8 Å². The molecule has 1 aliphatic heterocycles. The van der Waals surface area contributed by atoms with Crippen LogP contribution in [-0.4, -0.2) is 37.9 Å². The van der Waals surface area contributed by atoms with E-state index in [1.165, 1.54) is 28.6 Å². The molecule has 1 heterocycles. The molecule has 2 aliphatic rings. The molecule has 6 nitrogen and oxygen atoms in total. The maximum absolute atomic E-state index is 12.8. The van der Waals surface area contributed by atoms with Crippen LogP contribution in [0.4, 0.5) is 0 Å². The first-order chi connectivity index (χ1) is 14.1. The van der Waals surface area contributed by atoms with Gasteiger partial charge in [0.15, 0.2) is 0 Å². The molecule has 0 radical (unpaired) electrons. The Morgan fingerprint density at radius 1 is 1.03 bits per heavy atom. The molecule has 1 saturated heterocycles. The van der Waals surface area contributed by atoms with Crippen molar-refractivity contribution in [1.29, 1.82) is 5.26 Å². The molecule has 30 heavy (non-hydrogen) atoms. The summed E-state index contributed by atoms with van der Waals surface area (Å²) in [6.07, 6.45) is 4.96. The number of hydrogen-bond acceptors (Lipinski definition) is 5. The molecule has 1 aromatic carbocycles. The van der Waals surface area contributed by atoms with Crippen LogP contribution in [0.2, 0.25) is 0 Å². The lowest BCUT2D eigenvalue weighted by Crippen LogP contribution is -2.41. The standard InChI is InChI=1S/C23H32N2O4S/c1-23(2,3)19-6-8-20(9-7-19)29-22(26)18-12-14-25(15-13-18)30(27,28)21-10-4-17(16-24)5-11-21/h4-5,10-11,18-20H,6-9,12-15H2,1-3H3. The van der Waals surface area contributed by atoms with Gasteiger partial charge in [0, 0.05) is 13.1 Å². The number of ether oxygens (including phenoxy) is 1. The third-order valence-corrected chi connectivity index (χ3v) is 8.50. The SMILES string of the molecule is CC(C)(C)C1CCC(OC(=O)C2CCN(S(=O)(=O)c3ccc(C#N)cc3)CC2)CC1. The van der Waals surface area contributed by atoms with Crippen LogP contribution in [0, 0.1) is 28.6 Å². The predicted octanol–water partition coefficient (Wildman–Crippen LogP) is 4.11. The van der Waals surface area contributed by atoms with E-state index in [9.17, 15) is 13.2 Å². The molecule has 0 unspecified atom stereocenters. The maximum Gasteiger partial charge on any atom is 0.309 e. The summed E-state index contributed by atoms with van der Waals surface area (Å²) in [6.45, 7) is 7.41. The van der Waals surface area contributed by atoms with E-state index in [0.717, 1.165) is 25.7 Å². The predicted molar refractivity (Wildman–Crippen MR) is 114 cm³/mol. The first kappa shape index (κ1) is 22.8. The van der Waals surface area contributed by atoms with Crippen molar-refractivity contribution in [1.82, 2.24) is 4.31 Å². The Kier molecular flexibility index (Phi) is 6.88. The second kappa shape index (κ2) is 9.07. The molecule has 2 fully saturated rings. The third-order valence-electron chi connectivity index (χ3n) is 6.59. The molecule has 1 aliphatic carbocycles. The third kappa shape index (κ3) is 5.22. The monoisotopic (exact) mass is 432 g/mol. The minimum Gasteiger partial charge on any atom is -0.462 e. The number of nitrogens with zero attached hydrogens (tertiary/aromatic N) is 2. The Balaban J connectivity index is 1.50. The van der Waals surface area contributed by atoms with Gasteiger partial charge in [-0.2, -0.15) is 9.57 Å². The van der Waals surface area contributed by atoms with Crippen molar-refractivity contribution in [2.75, 3.05) is 13.1 Å². The van der Waals surface area contributed by atoms with Crippen molar-refractivity contribution in [2.24, 2.45) is 17.3 Å². The summed E-state index contributed by atoms with van der Waals surface area (Å²) in [7, 11) is -3.61. The molecule has 0 spiro atoms. The molecule has 1 saturated carbocycles. The van der Waals surface area contributed by atoms with Gasteiger partial charge in [0.2, 0.25) is 10.0 Å². The number of carbonyl (C=O) groups is 1. The van der Waals surface area contributed by atoms with Gasteiger partial charge in [-0.05, 0) is 74.1 Å². The molecule has 7 heteroatoms. The highest BCUT2D eigenvalue weighted by molar-refractivity contribution is 7.89. The first-order valence-electron chi connectivity index (χ1n) is 10.8. The fourth-order valence-corrected chi connectivity index (χ4v) is 5.96. The smallest absolute Gasteiger partial charge is 0.309 e. The topological polar surface area (TPSA) is 87.5 Å². The van der Waals surface area contributed by atoms with E-state index < -0.39 is 10.0 Å². The van der Waals surface area contributed by atoms with Gasteiger partial charge in [-0.25, -0.2) is 8.42 Å². The first-order valence-corrected chi connectivity index (χ1v) is 12.3. The number of nitriles is 1. The lowest BCUT2D eigenvalue weighted by Gasteiger charge is -2.37. The van der Waals surface area contributed by atoms with E-state index in [-0.39, 0.29) is 22.9 Å². The van der Waals surface area contributed by atoms with Gasteiger partial charge in [-0.3, -0.25) is 4.79 Å². The number of rotatable bonds is 4. The number of esters is 1. The van der Waals surface area contributed by atoms with Crippen molar-refractivity contribution < 1.29 is 17.9 Å². The largest absolute Gasteiger partial charge is 0.462 e. The summed E-state index contributed by atoms with van der Waals surface area (Å²) in [6, 6.07) is 7.92. The molecular formula is C23H32N2O4S. The molecule has 1 aromatic rings. The summed E-state index contributed by atoms with van der Waals surface area (Å²) >= 11 is 0. The number of carbonyl (C=O) groups excluding carboxylic acids is 1. The Labute approximate surface area is 180 Å². The molecular weight excluding hydrogens is 400 g/mol. The Morgan fingerprint density at radius 3 is 2.10 bits per heavy atom. The zero-order valence-electron chi connectivity index (χ0n) is 18.1. The maximum atomic E-state index is 12.8. The van der Waals surface area contributed by atoms with Crippen molar-refractivity contribution >= 4 is 16.0 Å². The lowest BCUT2D eigenvalue weighted by atomic mass is 9.72. The summed E-state index contributed by atoms with van der Waals surface area (Å²) in [5.74, 6) is 0.255. The van der Waals surface area contributed by atoms with Crippen molar-refractivity contribution in [3.05, 3.63) is 29.8 Å². The molecule has 0 aromatic heterocycles. The van der Waals surface area contributed by atoms with Gasteiger partial charge in [-0.1, -0.05) is 20.8 Å². The van der Waals surface area contributed by atoms with Crippen LogP contribution in [0.3, 0.4) is 0 Å². The zero-order valence-corrected chi connectivity index (χ0v) is 19.0. The second-order valence-electron chi connectivity index (χ2n) is 9.59. The van der Waals surface area contributed by atoms with Crippen LogP contribution in [0.25, 0.3) is 0 Å². The Bertz CT molecular complexity index is 881. The van der Waals surface area contributed by atoms with Gasteiger partial charge in [0.1, 0.15) is 6.10 Å². The molecule has 0 N–H and O–H groups in total. The fourth-order valence-electron chi connectivity index (χ4n) is 4.49. The van der Waals surface area contributed by atoms with Gasteiger partial charge < -0.3 is 4.74 Å². The molecule has 0 atom stereocenters. The normalized spacial score (nSPS) is 24.2. The van der Waals surface area contributed by atoms with Gasteiger partial charge >= 0.3 is 5.97 Å². The minimum absolute atomic E-state index is 0.00323. The lowest BCUT2D eigenvalue weighted by molar-refractivity contribution is -0.157. The van der Waals surface area contributed by atoms with Crippen molar-refractivity contribution in [3.63, 3.8) is 0 Å². The highest BCUT2D eigenvalue weighted by Crippen LogP contribution is 2.39. The van der Waals surface area contributed by atoms with Crippen LogP contribution >= 0.6 is 0 Å². The Hall–Kier alpha value is -1.91. The quantitative estimate of drug-likeness (QED) is 0.668. The van der Waals surface area contributed by atoms with E-state index >= 15 is 0 Å². The molecule has 0 amide bonds. The van der Waals surface area contributed by atoms with Crippen LogP contribution < -0.4 is 0 Å². The van der Waals surface area contributed by atoms with Crippen molar-refractivity contribution in [3.8, 4) is 6.07 Å². The number of piperidine rings is 1. The number of hydrogen-bond donors (Lipinski definition) is 0. The van der Waals surface area contributed by atoms with E-state index in [1.54, 1.807) is 0 Å². The zero-order chi connectivity index (χ0) is 21.9. The average Bonchev–Trinajstić information content (AvgIpc) is 2.73. The van der Waals surface area contributed by atoms with Crippen LogP contribution in [0.15, 0.2) is 29.2 Å². The van der Waals surface area contributed by atoms with Crippen LogP contribution in [-0.2, 0) is 19.6 Å².